The average molecular weight is 340 g/mol. The second-order valence-corrected chi connectivity index (χ2v) is 5.46. The Morgan fingerprint density at radius 1 is 1.30 bits per heavy atom. The molecular weight excluding hydrogens is 322 g/mol. The van der Waals surface area contributed by atoms with E-state index in [-0.39, 0.29) is 18.0 Å². The molecule has 8 nitrogen and oxygen atoms in total. The van der Waals surface area contributed by atoms with E-state index in [4.69, 9.17) is 16.7 Å². The number of carboxylic acid groups (broad SMARTS) is 1. The summed E-state index contributed by atoms with van der Waals surface area (Å²) in [5.74, 6) is -1.22. The first kappa shape index (κ1) is 17.0. The first-order valence-electron chi connectivity index (χ1n) is 7.11. The van der Waals surface area contributed by atoms with Crippen molar-refractivity contribution in [2.75, 3.05) is 6.54 Å². The van der Waals surface area contributed by atoms with Crippen LogP contribution in [0, 0.1) is 13.8 Å². The minimum Gasteiger partial charge on any atom is -0.476 e. The number of carbonyl (C=O) groups is 2. The maximum atomic E-state index is 11.8. The topological polar surface area (TPSA) is 102 Å². The predicted molar refractivity (Wildman–Crippen MR) is 83.5 cm³/mol. The summed E-state index contributed by atoms with van der Waals surface area (Å²) in [5.41, 5.74) is 1.60. The van der Waals surface area contributed by atoms with E-state index in [1.165, 1.54) is 16.9 Å². The van der Waals surface area contributed by atoms with Crippen molar-refractivity contribution in [3.8, 4) is 0 Å². The van der Waals surface area contributed by atoms with Crippen LogP contribution in [0.2, 0.25) is 5.02 Å². The van der Waals surface area contributed by atoms with Gasteiger partial charge in [0.1, 0.15) is 0 Å². The third-order valence-electron chi connectivity index (χ3n) is 3.37. The van der Waals surface area contributed by atoms with Crippen LogP contribution < -0.4 is 5.32 Å². The largest absolute Gasteiger partial charge is 0.476 e. The molecule has 0 fully saturated rings. The number of nitrogens with one attached hydrogen (secondary N) is 1. The smallest absolute Gasteiger partial charge is 0.356 e. The van der Waals surface area contributed by atoms with Gasteiger partial charge in [0.25, 0.3) is 0 Å². The molecular formula is C14H18ClN5O3. The number of carboxylic acids is 1. The molecule has 0 atom stereocenters. The van der Waals surface area contributed by atoms with Crippen LogP contribution in [0.4, 0.5) is 0 Å². The SMILES string of the molecule is Cc1nn(CCNC(=O)CCn2ccc(C(=O)O)n2)c(C)c1Cl. The van der Waals surface area contributed by atoms with Crippen molar-refractivity contribution in [1.82, 2.24) is 24.9 Å². The van der Waals surface area contributed by atoms with Gasteiger partial charge >= 0.3 is 5.97 Å². The molecule has 1 amide bonds. The van der Waals surface area contributed by atoms with Gasteiger partial charge in [-0.2, -0.15) is 10.2 Å². The molecule has 0 aromatic carbocycles. The molecule has 0 saturated heterocycles. The van der Waals surface area contributed by atoms with Crippen molar-refractivity contribution in [1.29, 1.82) is 0 Å². The van der Waals surface area contributed by atoms with Crippen LogP contribution in [0.15, 0.2) is 12.3 Å². The lowest BCUT2D eigenvalue weighted by Gasteiger charge is -2.07. The van der Waals surface area contributed by atoms with Gasteiger partial charge in [-0.15, -0.1) is 0 Å². The van der Waals surface area contributed by atoms with E-state index in [0.29, 0.717) is 24.7 Å². The summed E-state index contributed by atoms with van der Waals surface area (Å²) in [7, 11) is 0. The summed E-state index contributed by atoms with van der Waals surface area (Å²) in [4.78, 5) is 22.5. The Labute approximate surface area is 138 Å². The zero-order chi connectivity index (χ0) is 17.0. The molecule has 0 spiro atoms. The Hall–Kier alpha value is -2.35. The highest BCUT2D eigenvalue weighted by Crippen LogP contribution is 2.18. The first-order valence-corrected chi connectivity index (χ1v) is 7.49. The fourth-order valence-corrected chi connectivity index (χ4v) is 2.23. The summed E-state index contributed by atoms with van der Waals surface area (Å²) in [6, 6.07) is 1.40. The number of rotatable bonds is 7. The van der Waals surface area contributed by atoms with Crippen LogP contribution in [0.5, 0.6) is 0 Å². The van der Waals surface area contributed by atoms with Gasteiger partial charge in [-0.05, 0) is 19.9 Å². The van der Waals surface area contributed by atoms with E-state index < -0.39 is 5.97 Å². The van der Waals surface area contributed by atoms with E-state index in [1.807, 2.05) is 13.8 Å². The molecule has 0 aliphatic carbocycles. The molecule has 2 heterocycles. The molecule has 0 saturated carbocycles. The number of aromatic carboxylic acids is 1. The fourth-order valence-electron chi connectivity index (χ4n) is 2.10. The number of amides is 1. The van der Waals surface area contributed by atoms with Gasteiger partial charge in [0.05, 0.1) is 23.0 Å². The molecule has 124 valence electrons. The summed E-state index contributed by atoms with van der Waals surface area (Å²) < 4.78 is 3.19. The molecule has 2 aromatic heterocycles. The number of hydrogen-bond acceptors (Lipinski definition) is 4. The van der Waals surface area contributed by atoms with Crippen LogP contribution >= 0.6 is 11.6 Å². The number of carbonyl (C=O) groups excluding carboxylic acids is 1. The zero-order valence-electron chi connectivity index (χ0n) is 12.9. The van der Waals surface area contributed by atoms with Crippen LogP contribution in [-0.4, -0.2) is 43.1 Å². The Morgan fingerprint density at radius 3 is 2.61 bits per heavy atom. The predicted octanol–water partition coefficient (Wildman–Crippen LogP) is 1.25. The zero-order valence-corrected chi connectivity index (χ0v) is 13.7. The van der Waals surface area contributed by atoms with Crippen LogP contribution in [-0.2, 0) is 17.9 Å². The average Bonchev–Trinajstić information content (AvgIpc) is 3.07. The minimum absolute atomic E-state index is 0.0354. The molecule has 2 aromatic rings. The number of aryl methyl sites for hydroxylation is 2. The van der Waals surface area contributed by atoms with Crippen molar-refractivity contribution < 1.29 is 14.7 Å². The van der Waals surface area contributed by atoms with Crippen molar-refractivity contribution in [3.05, 3.63) is 34.4 Å². The van der Waals surface area contributed by atoms with Crippen LogP contribution in [0.1, 0.15) is 28.3 Å². The fraction of sp³-hybridized carbons (Fsp3) is 0.429. The lowest BCUT2D eigenvalue weighted by Crippen LogP contribution is -2.28. The second kappa shape index (κ2) is 7.28. The Balaban J connectivity index is 1.74. The quantitative estimate of drug-likeness (QED) is 0.790. The van der Waals surface area contributed by atoms with E-state index in [1.54, 1.807) is 4.68 Å². The number of nitrogens with zero attached hydrogens (tertiary/aromatic N) is 4. The van der Waals surface area contributed by atoms with Gasteiger partial charge < -0.3 is 10.4 Å². The molecule has 0 unspecified atom stereocenters. The molecule has 23 heavy (non-hydrogen) atoms. The van der Waals surface area contributed by atoms with E-state index in [0.717, 1.165) is 11.4 Å². The van der Waals surface area contributed by atoms with Crippen molar-refractivity contribution in [2.45, 2.75) is 33.4 Å². The van der Waals surface area contributed by atoms with Crippen LogP contribution in [0.25, 0.3) is 0 Å². The monoisotopic (exact) mass is 339 g/mol. The summed E-state index contributed by atoms with van der Waals surface area (Å²) in [6.07, 6.45) is 1.76. The minimum atomic E-state index is -1.09. The van der Waals surface area contributed by atoms with Crippen molar-refractivity contribution >= 4 is 23.5 Å². The summed E-state index contributed by atoms with van der Waals surface area (Å²) in [6.45, 7) is 5.01. The van der Waals surface area contributed by atoms with Gasteiger partial charge in [-0.25, -0.2) is 4.79 Å². The summed E-state index contributed by atoms with van der Waals surface area (Å²) >= 11 is 6.06. The lowest BCUT2D eigenvalue weighted by atomic mass is 10.4. The van der Waals surface area contributed by atoms with Crippen molar-refractivity contribution in [3.63, 3.8) is 0 Å². The van der Waals surface area contributed by atoms with E-state index in [9.17, 15) is 9.59 Å². The number of hydrogen-bond donors (Lipinski definition) is 2. The Morgan fingerprint density at radius 2 is 2.04 bits per heavy atom. The molecule has 0 aliphatic rings. The molecule has 2 N–H and O–H groups in total. The number of halogens is 1. The molecule has 0 bridgehead atoms. The second-order valence-electron chi connectivity index (χ2n) is 5.08. The highest BCUT2D eigenvalue weighted by atomic mass is 35.5. The lowest BCUT2D eigenvalue weighted by molar-refractivity contribution is -0.121. The Kier molecular flexibility index (Phi) is 5.38. The normalized spacial score (nSPS) is 10.7. The molecule has 2 rings (SSSR count). The molecule has 9 heteroatoms. The highest BCUT2D eigenvalue weighted by molar-refractivity contribution is 6.31. The van der Waals surface area contributed by atoms with E-state index in [2.05, 4.69) is 15.5 Å². The first-order chi connectivity index (χ1) is 10.9. The Bertz CT molecular complexity index is 722. The van der Waals surface area contributed by atoms with Gasteiger partial charge in [0.15, 0.2) is 5.69 Å². The van der Waals surface area contributed by atoms with Crippen LogP contribution in [0.3, 0.4) is 0 Å². The molecule has 0 aliphatic heterocycles. The summed E-state index contributed by atoms with van der Waals surface area (Å²) in [5, 5.41) is 20.3. The van der Waals surface area contributed by atoms with Gasteiger partial charge in [-0.3, -0.25) is 14.2 Å². The third kappa shape index (κ3) is 4.32. The number of aromatic nitrogens is 4. The molecule has 0 radical (unpaired) electrons. The third-order valence-corrected chi connectivity index (χ3v) is 3.91. The van der Waals surface area contributed by atoms with Gasteiger partial charge in [0.2, 0.25) is 5.91 Å². The maximum Gasteiger partial charge on any atom is 0.356 e. The van der Waals surface area contributed by atoms with E-state index >= 15 is 0 Å². The van der Waals surface area contributed by atoms with Gasteiger partial charge in [-0.1, -0.05) is 11.6 Å². The van der Waals surface area contributed by atoms with Gasteiger partial charge in [0, 0.05) is 25.7 Å². The highest BCUT2D eigenvalue weighted by Gasteiger charge is 2.10. The maximum absolute atomic E-state index is 11.8. The standard InChI is InChI=1S/C14H18ClN5O3/c1-9-13(15)10(2)20(17-9)8-5-16-12(21)4-7-19-6-3-11(18-19)14(22)23/h3,6H,4-5,7-8H2,1-2H3,(H,16,21)(H,22,23). The van der Waals surface area contributed by atoms with Crippen molar-refractivity contribution in [2.24, 2.45) is 0 Å².